The molecule has 2 aromatic heterocycles. The van der Waals surface area contributed by atoms with Crippen molar-refractivity contribution in [1.82, 2.24) is 15.3 Å². The lowest BCUT2D eigenvalue weighted by Crippen LogP contribution is -2.46. The summed E-state index contributed by atoms with van der Waals surface area (Å²) in [5, 5.41) is 4.28. The highest BCUT2D eigenvalue weighted by molar-refractivity contribution is 7.20. The fraction of sp³-hybridized carbons (Fsp3) is 0.480. The lowest BCUT2D eigenvalue weighted by Gasteiger charge is -2.37. The van der Waals surface area contributed by atoms with Crippen molar-refractivity contribution in [3.63, 3.8) is 0 Å². The second kappa shape index (κ2) is 9.55. The van der Waals surface area contributed by atoms with Gasteiger partial charge < -0.3 is 19.9 Å². The molecule has 1 aliphatic heterocycles. The number of amides is 1. The molecule has 0 atom stereocenters. The van der Waals surface area contributed by atoms with Gasteiger partial charge in [-0.05, 0) is 49.6 Å². The summed E-state index contributed by atoms with van der Waals surface area (Å²) in [4.78, 5) is 28.6. The zero-order valence-corrected chi connectivity index (χ0v) is 20.2. The van der Waals surface area contributed by atoms with Crippen molar-refractivity contribution in [1.29, 1.82) is 0 Å². The summed E-state index contributed by atoms with van der Waals surface area (Å²) in [6.45, 7) is 5.61. The molecule has 7 nitrogen and oxygen atoms in total. The van der Waals surface area contributed by atoms with Gasteiger partial charge in [0.25, 0.3) is 5.91 Å². The first-order chi connectivity index (χ1) is 16.1. The second-order valence-corrected chi connectivity index (χ2v) is 9.91. The van der Waals surface area contributed by atoms with Crippen LogP contribution in [-0.4, -0.2) is 55.2 Å². The SMILES string of the molecule is COc1ccc(N2CCN(c3ncnc4sc(C(=O)NC5CCCCC5)c(C)c34)CC2)cc1. The number of hydrogen-bond donors (Lipinski definition) is 1. The van der Waals surface area contributed by atoms with Gasteiger partial charge in [-0.25, -0.2) is 9.97 Å². The first-order valence-corrected chi connectivity index (χ1v) is 12.6. The van der Waals surface area contributed by atoms with Gasteiger partial charge in [-0.3, -0.25) is 4.79 Å². The van der Waals surface area contributed by atoms with Crippen LogP contribution in [0.25, 0.3) is 10.2 Å². The van der Waals surface area contributed by atoms with Crippen molar-refractivity contribution >= 4 is 39.0 Å². The summed E-state index contributed by atoms with van der Waals surface area (Å²) in [6.07, 6.45) is 7.48. The number of methoxy groups -OCH3 is 1. The van der Waals surface area contributed by atoms with Crippen LogP contribution in [-0.2, 0) is 0 Å². The van der Waals surface area contributed by atoms with Crippen molar-refractivity contribution in [3.05, 3.63) is 41.0 Å². The smallest absolute Gasteiger partial charge is 0.261 e. The van der Waals surface area contributed by atoms with Crippen LogP contribution in [0.3, 0.4) is 0 Å². The molecule has 1 aliphatic carbocycles. The molecular weight excluding hydrogens is 434 g/mol. The zero-order valence-electron chi connectivity index (χ0n) is 19.3. The average molecular weight is 466 g/mol. The number of nitrogens with zero attached hydrogens (tertiary/aromatic N) is 4. The largest absolute Gasteiger partial charge is 0.497 e. The Kier molecular flexibility index (Phi) is 6.35. The zero-order chi connectivity index (χ0) is 22.8. The molecular formula is C25H31N5O2S. The van der Waals surface area contributed by atoms with Gasteiger partial charge in [-0.2, -0.15) is 0 Å². The Morgan fingerprint density at radius 1 is 1.03 bits per heavy atom. The molecule has 174 valence electrons. The third kappa shape index (κ3) is 4.49. The minimum atomic E-state index is 0.0395. The van der Waals surface area contributed by atoms with Crippen molar-refractivity contribution in [2.45, 2.75) is 45.1 Å². The topological polar surface area (TPSA) is 70.6 Å². The van der Waals surface area contributed by atoms with Crippen LogP contribution in [0.2, 0.25) is 0 Å². The minimum absolute atomic E-state index is 0.0395. The number of fused-ring (bicyclic) bond motifs is 1. The van der Waals surface area contributed by atoms with E-state index in [9.17, 15) is 4.79 Å². The van der Waals surface area contributed by atoms with Crippen LogP contribution in [0.4, 0.5) is 11.5 Å². The Balaban J connectivity index is 1.33. The normalized spacial score (nSPS) is 17.4. The standard InChI is InChI=1S/C25H31N5O2S/c1-17-21-23(30-14-12-29(13-15-30)19-8-10-20(32-2)11-9-19)26-16-27-25(21)33-22(17)24(31)28-18-6-4-3-5-7-18/h8-11,16,18H,3-7,12-15H2,1-2H3,(H,28,31). The fourth-order valence-electron chi connectivity index (χ4n) is 4.98. The van der Waals surface area contributed by atoms with Gasteiger partial charge in [-0.15, -0.1) is 11.3 Å². The molecule has 0 unspecified atom stereocenters. The van der Waals surface area contributed by atoms with Crippen LogP contribution < -0.4 is 19.9 Å². The number of anilines is 2. The van der Waals surface area contributed by atoms with Gasteiger partial charge in [0.15, 0.2) is 0 Å². The van der Waals surface area contributed by atoms with Gasteiger partial charge in [0.1, 0.15) is 22.7 Å². The summed E-state index contributed by atoms with van der Waals surface area (Å²) < 4.78 is 5.28. The Morgan fingerprint density at radius 3 is 2.42 bits per heavy atom. The van der Waals surface area contributed by atoms with Crippen LogP contribution in [0.15, 0.2) is 30.6 Å². The summed E-state index contributed by atoms with van der Waals surface area (Å²) in [5.74, 6) is 1.86. The van der Waals surface area contributed by atoms with Gasteiger partial charge in [0.2, 0.25) is 0 Å². The number of aryl methyl sites for hydroxylation is 1. The van der Waals surface area contributed by atoms with Crippen LogP contribution in [0, 0.1) is 6.92 Å². The predicted molar refractivity (Wildman–Crippen MR) is 134 cm³/mol. The van der Waals surface area contributed by atoms with E-state index >= 15 is 0 Å². The molecule has 1 saturated heterocycles. The lowest BCUT2D eigenvalue weighted by molar-refractivity contribution is 0.0931. The number of thiophene rings is 1. The molecule has 0 spiro atoms. The van der Waals surface area contributed by atoms with E-state index in [1.165, 1.54) is 36.3 Å². The number of ether oxygens (including phenoxy) is 1. The predicted octanol–water partition coefficient (Wildman–Crippen LogP) is 4.40. The molecule has 1 amide bonds. The van der Waals surface area contributed by atoms with Crippen molar-refractivity contribution < 1.29 is 9.53 Å². The van der Waals surface area contributed by atoms with E-state index in [2.05, 4.69) is 37.2 Å². The third-order valence-corrected chi connectivity index (χ3v) is 8.07. The number of nitrogens with one attached hydrogen (secondary N) is 1. The van der Waals surface area contributed by atoms with E-state index in [1.54, 1.807) is 13.4 Å². The van der Waals surface area contributed by atoms with E-state index in [0.29, 0.717) is 6.04 Å². The molecule has 1 saturated carbocycles. The highest BCUT2D eigenvalue weighted by Crippen LogP contribution is 2.35. The number of carbonyl (C=O) groups excluding carboxylic acids is 1. The van der Waals surface area contributed by atoms with Gasteiger partial charge in [-0.1, -0.05) is 19.3 Å². The van der Waals surface area contributed by atoms with Crippen molar-refractivity contribution in [2.24, 2.45) is 0 Å². The molecule has 2 aliphatic rings. The third-order valence-electron chi connectivity index (χ3n) is 6.87. The van der Waals surface area contributed by atoms with Gasteiger partial charge >= 0.3 is 0 Å². The molecule has 33 heavy (non-hydrogen) atoms. The molecule has 1 N–H and O–H groups in total. The molecule has 0 radical (unpaired) electrons. The van der Waals surface area contributed by atoms with E-state index in [4.69, 9.17) is 4.74 Å². The number of hydrogen-bond acceptors (Lipinski definition) is 7. The van der Waals surface area contributed by atoms with Gasteiger partial charge in [0.05, 0.1) is 17.4 Å². The molecule has 1 aromatic carbocycles. The van der Waals surface area contributed by atoms with E-state index in [-0.39, 0.29) is 5.91 Å². The summed E-state index contributed by atoms with van der Waals surface area (Å²) in [7, 11) is 1.69. The Morgan fingerprint density at radius 2 is 1.73 bits per heavy atom. The van der Waals surface area contributed by atoms with Crippen molar-refractivity contribution in [2.75, 3.05) is 43.1 Å². The first kappa shape index (κ1) is 21.9. The summed E-state index contributed by atoms with van der Waals surface area (Å²) in [5.41, 5.74) is 2.20. The highest BCUT2D eigenvalue weighted by atomic mass is 32.1. The lowest BCUT2D eigenvalue weighted by atomic mass is 9.95. The highest BCUT2D eigenvalue weighted by Gasteiger charge is 2.26. The average Bonchev–Trinajstić information content (AvgIpc) is 3.21. The van der Waals surface area contributed by atoms with Crippen molar-refractivity contribution in [3.8, 4) is 5.75 Å². The van der Waals surface area contributed by atoms with E-state index < -0.39 is 0 Å². The monoisotopic (exact) mass is 465 g/mol. The maximum atomic E-state index is 13.1. The molecule has 8 heteroatoms. The van der Waals surface area contributed by atoms with Crippen LogP contribution in [0.5, 0.6) is 5.75 Å². The number of piperazine rings is 1. The number of benzene rings is 1. The molecule has 2 fully saturated rings. The maximum Gasteiger partial charge on any atom is 0.261 e. The van der Waals surface area contributed by atoms with E-state index in [1.807, 2.05) is 19.1 Å². The van der Waals surface area contributed by atoms with Crippen LogP contribution in [0.1, 0.15) is 47.3 Å². The minimum Gasteiger partial charge on any atom is -0.497 e. The quantitative estimate of drug-likeness (QED) is 0.602. The second-order valence-electron chi connectivity index (χ2n) is 8.91. The summed E-state index contributed by atoms with van der Waals surface area (Å²) in [6, 6.07) is 8.52. The first-order valence-electron chi connectivity index (χ1n) is 11.8. The van der Waals surface area contributed by atoms with Gasteiger partial charge in [0, 0.05) is 37.9 Å². The van der Waals surface area contributed by atoms with Crippen LogP contribution >= 0.6 is 11.3 Å². The Hall–Kier alpha value is -2.87. The van der Waals surface area contributed by atoms with E-state index in [0.717, 1.165) is 71.2 Å². The summed E-state index contributed by atoms with van der Waals surface area (Å²) >= 11 is 1.49. The number of aromatic nitrogens is 2. The Bertz CT molecular complexity index is 1120. The fourth-order valence-corrected chi connectivity index (χ4v) is 6.02. The number of rotatable bonds is 5. The molecule has 5 rings (SSSR count). The molecule has 3 heterocycles. The number of carbonyl (C=O) groups is 1. The molecule has 3 aromatic rings. The molecule has 0 bridgehead atoms. The maximum absolute atomic E-state index is 13.1. The Labute approximate surface area is 198 Å².